The number of rotatable bonds is 7. The van der Waals surface area contributed by atoms with Crippen molar-refractivity contribution in [1.82, 2.24) is 15.1 Å². The number of aliphatic hydroxyl groups is 1. The third-order valence-corrected chi connectivity index (χ3v) is 3.21. The van der Waals surface area contributed by atoms with Crippen molar-refractivity contribution in [2.75, 3.05) is 6.54 Å². The van der Waals surface area contributed by atoms with Crippen molar-refractivity contribution in [3.05, 3.63) is 16.4 Å². The van der Waals surface area contributed by atoms with Crippen LogP contribution in [0, 0.1) is 6.92 Å². The van der Waals surface area contributed by atoms with E-state index < -0.39 is 0 Å². The summed E-state index contributed by atoms with van der Waals surface area (Å²) in [5.74, 6) is 0. The molecule has 0 bridgehead atoms. The van der Waals surface area contributed by atoms with E-state index >= 15 is 0 Å². The summed E-state index contributed by atoms with van der Waals surface area (Å²) in [6.07, 6.45) is 1.57. The second-order valence-corrected chi connectivity index (χ2v) is 4.71. The monoisotopic (exact) mass is 259 g/mol. The molecule has 1 aromatic rings. The number of halogens is 1. The van der Waals surface area contributed by atoms with Gasteiger partial charge in [-0.25, -0.2) is 0 Å². The van der Waals surface area contributed by atoms with Gasteiger partial charge in [-0.3, -0.25) is 4.68 Å². The quantitative estimate of drug-likeness (QED) is 0.738. The van der Waals surface area contributed by atoms with E-state index in [1.807, 2.05) is 18.5 Å². The zero-order valence-corrected chi connectivity index (χ0v) is 11.6. The number of hydrogen-bond donors (Lipinski definition) is 2. The Morgan fingerprint density at radius 3 is 2.82 bits per heavy atom. The summed E-state index contributed by atoms with van der Waals surface area (Å²) in [7, 11) is 0. The highest BCUT2D eigenvalue weighted by atomic mass is 35.5. The van der Waals surface area contributed by atoms with Crippen LogP contribution in [0.25, 0.3) is 0 Å². The molecule has 98 valence electrons. The first-order valence-electron chi connectivity index (χ1n) is 6.16. The van der Waals surface area contributed by atoms with Gasteiger partial charge in [-0.1, -0.05) is 11.6 Å². The minimum absolute atomic E-state index is 0.219. The Labute approximate surface area is 108 Å². The lowest BCUT2D eigenvalue weighted by Gasteiger charge is -2.08. The number of aliphatic hydroxyl groups excluding tert-OH is 1. The Balaban J connectivity index is 2.41. The molecule has 0 saturated carbocycles. The van der Waals surface area contributed by atoms with E-state index in [4.69, 9.17) is 16.7 Å². The van der Waals surface area contributed by atoms with Crippen LogP contribution < -0.4 is 5.32 Å². The summed E-state index contributed by atoms with van der Waals surface area (Å²) >= 11 is 6.19. The van der Waals surface area contributed by atoms with E-state index in [9.17, 15) is 0 Å². The van der Waals surface area contributed by atoms with E-state index in [2.05, 4.69) is 17.3 Å². The molecule has 0 spiro atoms. The summed E-state index contributed by atoms with van der Waals surface area (Å²) in [6, 6.07) is 0. The van der Waals surface area contributed by atoms with Gasteiger partial charge < -0.3 is 10.4 Å². The fraction of sp³-hybridized carbons (Fsp3) is 0.750. The van der Waals surface area contributed by atoms with Crippen molar-refractivity contribution >= 4 is 11.6 Å². The zero-order chi connectivity index (χ0) is 12.8. The Morgan fingerprint density at radius 2 is 2.24 bits per heavy atom. The molecular formula is C12H22ClN3O. The van der Waals surface area contributed by atoms with E-state index in [1.165, 1.54) is 0 Å². The van der Waals surface area contributed by atoms with Gasteiger partial charge in [-0.2, -0.15) is 5.10 Å². The molecule has 0 aromatic carbocycles. The Morgan fingerprint density at radius 1 is 1.53 bits per heavy atom. The number of hydrogen-bond acceptors (Lipinski definition) is 3. The van der Waals surface area contributed by atoms with Crippen LogP contribution in [0.2, 0.25) is 5.02 Å². The molecule has 0 saturated heterocycles. The van der Waals surface area contributed by atoms with Gasteiger partial charge in [-0.15, -0.1) is 0 Å². The number of nitrogens with zero attached hydrogens (tertiary/aromatic N) is 2. The van der Waals surface area contributed by atoms with Crippen LogP contribution in [-0.4, -0.2) is 27.5 Å². The van der Waals surface area contributed by atoms with Crippen LogP contribution in [0.15, 0.2) is 0 Å². The summed E-state index contributed by atoms with van der Waals surface area (Å²) in [4.78, 5) is 0. The molecular weight excluding hydrogens is 238 g/mol. The third kappa shape index (κ3) is 4.30. The molecule has 4 nitrogen and oxygen atoms in total. The highest BCUT2D eigenvalue weighted by Gasteiger charge is 2.11. The molecule has 1 rings (SSSR count). The van der Waals surface area contributed by atoms with Crippen molar-refractivity contribution in [1.29, 1.82) is 0 Å². The second kappa shape index (κ2) is 6.99. The average Bonchev–Trinajstić information content (AvgIpc) is 2.55. The van der Waals surface area contributed by atoms with Gasteiger partial charge in [-0.05, 0) is 40.2 Å². The van der Waals surface area contributed by atoms with Gasteiger partial charge in [0.05, 0.1) is 22.5 Å². The van der Waals surface area contributed by atoms with Crippen LogP contribution in [0.4, 0.5) is 0 Å². The molecule has 2 N–H and O–H groups in total. The standard InChI is InChI=1S/C12H22ClN3O/c1-4-16-11(12(13)10(3)15-16)8-14-7-5-6-9(2)17/h9,14,17H,4-8H2,1-3H3. The Kier molecular flexibility index (Phi) is 5.95. The van der Waals surface area contributed by atoms with Crippen LogP contribution in [0.5, 0.6) is 0 Å². The van der Waals surface area contributed by atoms with Gasteiger partial charge >= 0.3 is 0 Å². The lowest BCUT2D eigenvalue weighted by atomic mass is 10.2. The first kappa shape index (κ1) is 14.5. The normalized spacial score (nSPS) is 13.0. The van der Waals surface area contributed by atoms with Crippen LogP contribution in [-0.2, 0) is 13.1 Å². The van der Waals surface area contributed by atoms with E-state index in [-0.39, 0.29) is 6.10 Å². The SMILES string of the molecule is CCn1nc(C)c(Cl)c1CNCCCC(C)O. The van der Waals surface area contributed by atoms with Crippen molar-refractivity contribution < 1.29 is 5.11 Å². The molecule has 1 atom stereocenters. The molecule has 17 heavy (non-hydrogen) atoms. The van der Waals surface area contributed by atoms with Gasteiger partial charge in [0.15, 0.2) is 0 Å². The van der Waals surface area contributed by atoms with Crippen molar-refractivity contribution in [2.45, 2.75) is 52.8 Å². The molecule has 1 unspecified atom stereocenters. The van der Waals surface area contributed by atoms with Gasteiger partial charge in [0.25, 0.3) is 0 Å². The molecule has 0 amide bonds. The fourth-order valence-electron chi connectivity index (χ4n) is 1.77. The maximum absolute atomic E-state index is 9.14. The minimum atomic E-state index is -0.219. The van der Waals surface area contributed by atoms with Gasteiger partial charge in [0.2, 0.25) is 0 Å². The van der Waals surface area contributed by atoms with Crippen molar-refractivity contribution in [3.8, 4) is 0 Å². The highest BCUT2D eigenvalue weighted by molar-refractivity contribution is 6.31. The Bertz CT molecular complexity index is 350. The van der Waals surface area contributed by atoms with Crippen molar-refractivity contribution in [3.63, 3.8) is 0 Å². The molecule has 1 aromatic heterocycles. The predicted octanol–water partition coefficient (Wildman–Crippen LogP) is 2.12. The van der Waals surface area contributed by atoms with Crippen LogP contribution in [0.3, 0.4) is 0 Å². The summed E-state index contributed by atoms with van der Waals surface area (Å²) in [5.41, 5.74) is 1.93. The number of aromatic nitrogens is 2. The highest BCUT2D eigenvalue weighted by Crippen LogP contribution is 2.19. The second-order valence-electron chi connectivity index (χ2n) is 4.33. The van der Waals surface area contributed by atoms with E-state index in [1.54, 1.807) is 0 Å². The van der Waals surface area contributed by atoms with Crippen molar-refractivity contribution in [2.24, 2.45) is 0 Å². The average molecular weight is 260 g/mol. The largest absolute Gasteiger partial charge is 0.393 e. The van der Waals surface area contributed by atoms with E-state index in [0.717, 1.165) is 48.9 Å². The molecule has 0 fully saturated rings. The first-order valence-corrected chi connectivity index (χ1v) is 6.54. The molecule has 0 aliphatic heterocycles. The third-order valence-electron chi connectivity index (χ3n) is 2.72. The molecule has 1 heterocycles. The van der Waals surface area contributed by atoms with Crippen LogP contribution >= 0.6 is 11.6 Å². The maximum Gasteiger partial charge on any atom is 0.0860 e. The predicted molar refractivity (Wildman–Crippen MR) is 70.3 cm³/mol. The lowest BCUT2D eigenvalue weighted by Crippen LogP contribution is -2.19. The summed E-state index contributed by atoms with van der Waals surface area (Å²) < 4.78 is 1.93. The number of nitrogens with one attached hydrogen (secondary N) is 1. The summed E-state index contributed by atoms with van der Waals surface area (Å²) in [6.45, 7) is 8.23. The topological polar surface area (TPSA) is 50.1 Å². The lowest BCUT2D eigenvalue weighted by molar-refractivity contribution is 0.181. The Hall–Kier alpha value is -0.580. The molecule has 0 aliphatic rings. The molecule has 0 aliphatic carbocycles. The smallest absolute Gasteiger partial charge is 0.0860 e. The zero-order valence-electron chi connectivity index (χ0n) is 10.8. The summed E-state index contributed by atoms with van der Waals surface area (Å²) in [5, 5.41) is 17.6. The molecule has 0 radical (unpaired) electrons. The minimum Gasteiger partial charge on any atom is -0.393 e. The fourth-order valence-corrected chi connectivity index (χ4v) is 1.97. The van der Waals surface area contributed by atoms with Gasteiger partial charge in [0, 0.05) is 13.1 Å². The first-order chi connectivity index (χ1) is 8.06. The number of aryl methyl sites for hydroxylation is 2. The van der Waals surface area contributed by atoms with Gasteiger partial charge in [0.1, 0.15) is 0 Å². The van der Waals surface area contributed by atoms with E-state index in [0.29, 0.717) is 0 Å². The molecule has 5 heteroatoms. The van der Waals surface area contributed by atoms with Crippen LogP contribution in [0.1, 0.15) is 38.1 Å². The maximum atomic E-state index is 9.14.